The standard InChI is InChI=1S/C13H18FNS/c14-11-5-3-4-10(8-11)13(9-15)16-12-6-1-2-7-12/h3-5,8,12-13H,1-2,6-7,9,15H2. The Balaban J connectivity index is 2.03. The summed E-state index contributed by atoms with van der Waals surface area (Å²) in [6.07, 6.45) is 5.24. The van der Waals surface area contributed by atoms with Crippen LogP contribution in [0.15, 0.2) is 24.3 Å². The Labute approximate surface area is 101 Å². The predicted molar refractivity (Wildman–Crippen MR) is 68.0 cm³/mol. The lowest BCUT2D eigenvalue weighted by molar-refractivity contribution is 0.625. The fourth-order valence-corrected chi connectivity index (χ4v) is 3.72. The minimum absolute atomic E-state index is 0.164. The average Bonchev–Trinajstić information content (AvgIpc) is 2.78. The fraction of sp³-hybridized carbons (Fsp3) is 0.538. The van der Waals surface area contributed by atoms with E-state index in [-0.39, 0.29) is 11.1 Å². The van der Waals surface area contributed by atoms with Gasteiger partial charge >= 0.3 is 0 Å². The minimum atomic E-state index is -0.164. The van der Waals surface area contributed by atoms with Gasteiger partial charge in [-0.2, -0.15) is 0 Å². The first-order valence-corrected chi connectivity index (χ1v) is 6.85. The van der Waals surface area contributed by atoms with Crippen molar-refractivity contribution in [3.63, 3.8) is 0 Å². The van der Waals surface area contributed by atoms with E-state index in [2.05, 4.69) is 0 Å². The molecule has 1 nitrogen and oxygen atoms in total. The number of thioether (sulfide) groups is 1. The van der Waals surface area contributed by atoms with Gasteiger partial charge in [0.25, 0.3) is 0 Å². The lowest BCUT2D eigenvalue weighted by atomic mass is 10.1. The molecule has 2 rings (SSSR count). The van der Waals surface area contributed by atoms with Crippen LogP contribution < -0.4 is 5.73 Å². The van der Waals surface area contributed by atoms with Gasteiger partial charge in [-0.15, -0.1) is 11.8 Å². The molecule has 1 atom stereocenters. The molecule has 1 aliphatic rings. The maximum atomic E-state index is 13.1. The molecule has 3 heteroatoms. The third-order valence-corrected chi connectivity index (χ3v) is 4.74. The summed E-state index contributed by atoms with van der Waals surface area (Å²) < 4.78 is 13.1. The number of rotatable bonds is 4. The maximum Gasteiger partial charge on any atom is 0.123 e. The molecule has 0 bridgehead atoms. The number of hydrogen-bond acceptors (Lipinski definition) is 2. The second kappa shape index (κ2) is 5.69. The molecule has 0 aromatic heterocycles. The Kier molecular flexibility index (Phi) is 4.24. The van der Waals surface area contributed by atoms with E-state index in [0.717, 1.165) is 10.8 Å². The molecule has 1 saturated carbocycles. The minimum Gasteiger partial charge on any atom is -0.329 e. The van der Waals surface area contributed by atoms with Crippen molar-refractivity contribution in [3.8, 4) is 0 Å². The van der Waals surface area contributed by atoms with E-state index in [1.165, 1.54) is 31.7 Å². The summed E-state index contributed by atoms with van der Waals surface area (Å²) in [6, 6.07) is 6.84. The Bertz CT molecular complexity index is 336. The van der Waals surface area contributed by atoms with Crippen molar-refractivity contribution in [2.45, 2.75) is 36.2 Å². The van der Waals surface area contributed by atoms with Gasteiger partial charge in [-0.05, 0) is 30.5 Å². The van der Waals surface area contributed by atoms with Crippen LogP contribution in [0.4, 0.5) is 4.39 Å². The Morgan fingerprint density at radius 1 is 1.38 bits per heavy atom. The van der Waals surface area contributed by atoms with E-state index >= 15 is 0 Å². The van der Waals surface area contributed by atoms with Crippen molar-refractivity contribution in [1.82, 2.24) is 0 Å². The molecule has 88 valence electrons. The summed E-state index contributed by atoms with van der Waals surface area (Å²) in [4.78, 5) is 0. The van der Waals surface area contributed by atoms with Crippen molar-refractivity contribution in [3.05, 3.63) is 35.6 Å². The van der Waals surface area contributed by atoms with Crippen LogP contribution in [-0.2, 0) is 0 Å². The van der Waals surface area contributed by atoms with E-state index in [1.54, 1.807) is 12.1 Å². The molecule has 0 saturated heterocycles. The van der Waals surface area contributed by atoms with Crippen LogP contribution in [0.25, 0.3) is 0 Å². The van der Waals surface area contributed by atoms with E-state index in [1.807, 2.05) is 17.8 Å². The summed E-state index contributed by atoms with van der Waals surface area (Å²) in [5.74, 6) is -0.164. The molecular weight excluding hydrogens is 221 g/mol. The maximum absolute atomic E-state index is 13.1. The molecule has 0 spiro atoms. The summed E-state index contributed by atoms with van der Waals surface area (Å²) >= 11 is 1.92. The lowest BCUT2D eigenvalue weighted by Crippen LogP contribution is -2.12. The van der Waals surface area contributed by atoms with E-state index in [4.69, 9.17) is 5.73 Å². The molecular formula is C13H18FNS. The van der Waals surface area contributed by atoms with Crippen molar-refractivity contribution < 1.29 is 4.39 Å². The van der Waals surface area contributed by atoms with Crippen LogP contribution in [0.2, 0.25) is 0 Å². The Hall–Kier alpha value is -0.540. The number of benzene rings is 1. The van der Waals surface area contributed by atoms with Gasteiger partial charge in [0.15, 0.2) is 0 Å². The summed E-state index contributed by atoms with van der Waals surface area (Å²) in [5, 5.41) is 0.968. The van der Waals surface area contributed by atoms with E-state index in [0.29, 0.717) is 6.54 Å². The van der Waals surface area contributed by atoms with Gasteiger partial charge in [-0.3, -0.25) is 0 Å². The molecule has 16 heavy (non-hydrogen) atoms. The number of nitrogens with two attached hydrogens (primary N) is 1. The molecule has 2 N–H and O–H groups in total. The molecule has 0 amide bonds. The van der Waals surface area contributed by atoms with Gasteiger partial charge in [-0.25, -0.2) is 4.39 Å². The van der Waals surface area contributed by atoms with Crippen LogP contribution in [0.3, 0.4) is 0 Å². The van der Waals surface area contributed by atoms with Crippen molar-refractivity contribution >= 4 is 11.8 Å². The second-order valence-electron chi connectivity index (χ2n) is 4.32. The molecule has 1 aliphatic carbocycles. The lowest BCUT2D eigenvalue weighted by Gasteiger charge is -2.19. The first kappa shape index (κ1) is 11.9. The molecule has 1 aromatic carbocycles. The van der Waals surface area contributed by atoms with Crippen molar-refractivity contribution in [1.29, 1.82) is 0 Å². The van der Waals surface area contributed by atoms with Gasteiger partial charge in [0, 0.05) is 17.0 Å². The van der Waals surface area contributed by atoms with E-state index < -0.39 is 0 Å². The number of hydrogen-bond donors (Lipinski definition) is 1. The first-order chi connectivity index (χ1) is 7.79. The van der Waals surface area contributed by atoms with Crippen molar-refractivity contribution in [2.24, 2.45) is 5.73 Å². The quantitative estimate of drug-likeness (QED) is 0.870. The predicted octanol–water partition coefficient (Wildman–Crippen LogP) is 3.50. The van der Waals surface area contributed by atoms with Crippen molar-refractivity contribution in [2.75, 3.05) is 6.54 Å². The van der Waals surface area contributed by atoms with Crippen LogP contribution in [-0.4, -0.2) is 11.8 Å². The zero-order chi connectivity index (χ0) is 11.4. The van der Waals surface area contributed by atoms with Gasteiger partial charge in [0.1, 0.15) is 5.82 Å². The zero-order valence-corrected chi connectivity index (χ0v) is 10.2. The molecule has 0 heterocycles. The van der Waals surface area contributed by atoms with Gasteiger partial charge in [0.05, 0.1) is 0 Å². The zero-order valence-electron chi connectivity index (χ0n) is 9.36. The monoisotopic (exact) mass is 239 g/mol. The normalized spacial score (nSPS) is 18.9. The second-order valence-corrected chi connectivity index (χ2v) is 5.83. The van der Waals surface area contributed by atoms with E-state index in [9.17, 15) is 4.39 Å². The first-order valence-electron chi connectivity index (χ1n) is 5.90. The van der Waals surface area contributed by atoms with Gasteiger partial charge in [0.2, 0.25) is 0 Å². The smallest absolute Gasteiger partial charge is 0.123 e. The molecule has 1 aromatic rings. The molecule has 0 aliphatic heterocycles. The molecule has 1 unspecified atom stereocenters. The third-order valence-electron chi connectivity index (χ3n) is 3.09. The highest BCUT2D eigenvalue weighted by atomic mass is 32.2. The summed E-state index contributed by atoms with van der Waals surface area (Å²) in [5.41, 5.74) is 6.82. The molecule has 0 radical (unpaired) electrons. The highest BCUT2D eigenvalue weighted by Crippen LogP contribution is 2.38. The van der Waals surface area contributed by atoms with Crippen LogP contribution in [0, 0.1) is 5.82 Å². The van der Waals surface area contributed by atoms with Crippen LogP contribution in [0.1, 0.15) is 36.5 Å². The average molecular weight is 239 g/mol. The number of halogens is 1. The topological polar surface area (TPSA) is 26.0 Å². The summed E-state index contributed by atoms with van der Waals surface area (Å²) in [7, 11) is 0. The van der Waals surface area contributed by atoms with Crippen LogP contribution in [0.5, 0.6) is 0 Å². The third kappa shape index (κ3) is 2.98. The van der Waals surface area contributed by atoms with Gasteiger partial charge < -0.3 is 5.73 Å². The Morgan fingerprint density at radius 2 is 2.12 bits per heavy atom. The summed E-state index contributed by atoms with van der Waals surface area (Å²) in [6.45, 7) is 0.588. The highest BCUT2D eigenvalue weighted by molar-refractivity contribution is 8.00. The Morgan fingerprint density at radius 3 is 2.75 bits per heavy atom. The largest absolute Gasteiger partial charge is 0.329 e. The fourth-order valence-electron chi connectivity index (χ4n) is 2.23. The van der Waals surface area contributed by atoms with Gasteiger partial charge in [-0.1, -0.05) is 25.0 Å². The highest BCUT2D eigenvalue weighted by Gasteiger charge is 2.21. The molecule has 1 fully saturated rings. The SMILES string of the molecule is NCC(SC1CCCC1)c1cccc(F)c1. The van der Waals surface area contributed by atoms with Crippen LogP contribution >= 0.6 is 11.8 Å².